The van der Waals surface area contributed by atoms with E-state index in [1.807, 2.05) is 35.2 Å². The first kappa shape index (κ1) is 22.9. The fourth-order valence-corrected chi connectivity index (χ4v) is 5.16. The number of pyridine rings is 1. The van der Waals surface area contributed by atoms with Crippen molar-refractivity contribution in [1.82, 2.24) is 29.3 Å². The molecular formula is C27H28N8O3. The van der Waals surface area contributed by atoms with E-state index >= 15 is 0 Å². The minimum atomic E-state index is -0.321. The second kappa shape index (κ2) is 9.25. The molecular weight excluding hydrogens is 484 g/mol. The number of imidazole rings is 1. The molecule has 2 aliphatic heterocycles. The molecule has 1 aliphatic carbocycles. The van der Waals surface area contributed by atoms with Crippen molar-refractivity contribution in [3.8, 4) is 22.8 Å². The Labute approximate surface area is 219 Å². The van der Waals surface area contributed by atoms with Crippen LogP contribution in [0.1, 0.15) is 41.9 Å². The lowest BCUT2D eigenvalue weighted by Crippen LogP contribution is -2.44. The van der Waals surface area contributed by atoms with Gasteiger partial charge < -0.3 is 24.3 Å². The molecule has 11 nitrogen and oxygen atoms in total. The van der Waals surface area contributed by atoms with Crippen LogP contribution < -0.4 is 15.0 Å². The smallest absolute Gasteiger partial charge is 0.274 e. The summed E-state index contributed by atoms with van der Waals surface area (Å²) in [6.07, 6.45) is 9.57. The summed E-state index contributed by atoms with van der Waals surface area (Å²) in [6.45, 7) is 5.19. The van der Waals surface area contributed by atoms with Crippen molar-refractivity contribution in [1.29, 1.82) is 0 Å². The number of para-hydroxylation sites is 1. The second-order valence-corrected chi connectivity index (χ2v) is 9.95. The number of hydrogen-bond donors (Lipinski definition) is 1. The largest absolute Gasteiger partial charge is 0.489 e. The highest BCUT2D eigenvalue weighted by molar-refractivity contribution is 6.05. The first-order valence-corrected chi connectivity index (χ1v) is 13.0. The van der Waals surface area contributed by atoms with Crippen LogP contribution >= 0.6 is 0 Å². The number of anilines is 2. The van der Waals surface area contributed by atoms with Crippen LogP contribution in [0.15, 0.2) is 49.3 Å². The van der Waals surface area contributed by atoms with E-state index in [0.717, 1.165) is 29.2 Å². The first-order valence-electron chi connectivity index (χ1n) is 13.0. The van der Waals surface area contributed by atoms with Crippen LogP contribution in [0.5, 0.6) is 5.75 Å². The Morgan fingerprint density at radius 2 is 2.03 bits per heavy atom. The number of nitrogens with zero attached hydrogens (tertiary/aromatic N) is 7. The monoisotopic (exact) mass is 512 g/mol. The van der Waals surface area contributed by atoms with E-state index in [1.165, 1.54) is 19.2 Å². The lowest BCUT2D eigenvalue weighted by Gasteiger charge is -2.36. The molecule has 0 spiro atoms. The summed E-state index contributed by atoms with van der Waals surface area (Å²) >= 11 is 0. The fourth-order valence-electron chi connectivity index (χ4n) is 5.16. The quantitative estimate of drug-likeness (QED) is 0.434. The number of morpholine rings is 1. The van der Waals surface area contributed by atoms with Gasteiger partial charge >= 0.3 is 0 Å². The van der Waals surface area contributed by atoms with Gasteiger partial charge in [0.2, 0.25) is 0 Å². The fraction of sp³-hybridized carbons (Fsp3) is 0.370. The highest BCUT2D eigenvalue weighted by atomic mass is 16.5. The topological polar surface area (TPSA) is 112 Å². The number of aromatic nitrogens is 6. The summed E-state index contributed by atoms with van der Waals surface area (Å²) < 4.78 is 15.5. The van der Waals surface area contributed by atoms with Crippen LogP contribution in [0.4, 0.5) is 11.4 Å². The van der Waals surface area contributed by atoms with E-state index in [1.54, 1.807) is 10.9 Å². The zero-order valence-corrected chi connectivity index (χ0v) is 21.1. The predicted octanol–water partition coefficient (Wildman–Crippen LogP) is 3.27. The third-order valence-electron chi connectivity index (χ3n) is 7.32. The molecule has 2 fully saturated rings. The number of hydrogen-bond acceptors (Lipinski definition) is 8. The molecule has 0 radical (unpaired) electrons. The average Bonchev–Trinajstić information content (AvgIpc) is 3.54. The minimum Gasteiger partial charge on any atom is -0.489 e. The Balaban J connectivity index is 1.24. The van der Waals surface area contributed by atoms with Crippen LogP contribution in [-0.4, -0.2) is 67.6 Å². The molecule has 194 valence electrons. The summed E-state index contributed by atoms with van der Waals surface area (Å²) in [4.78, 5) is 29.4. The molecule has 1 amide bonds. The number of carbonyl (C=O) groups is 1. The number of amides is 1. The number of ether oxygens (including phenoxy) is 2. The normalized spacial score (nSPS) is 18.8. The molecule has 1 saturated carbocycles. The molecule has 38 heavy (non-hydrogen) atoms. The molecule has 1 aromatic carbocycles. The van der Waals surface area contributed by atoms with Crippen molar-refractivity contribution in [2.24, 2.45) is 0 Å². The van der Waals surface area contributed by atoms with E-state index in [4.69, 9.17) is 9.47 Å². The molecule has 3 aromatic heterocycles. The molecule has 0 unspecified atom stereocenters. The van der Waals surface area contributed by atoms with Gasteiger partial charge in [0.15, 0.2) is 11.6 Å². The maximum atomic E-state index is 13.5. The number of nitrogens with one attached hydrogen (secondary N) is 1. The predicted molar refractivity (Wildman–Crippen MR) is 140 cm³/mol. The zero-order chi connectivity index (χ0) is 25.6. The van der Waals surface area contributed by atoms with Crippen molar-refractivity contribution in [2.45, 2.75) is 38.3 Å². The van der Waals surface area contributed by atoms with Crippen LogP contribution in [-0.2, 0) is 11.3 Å². The maximum Gasteiger partial charge on any atom is 0.274 e. The van der Waals surface area contributed by atoms with E-state index in [9.17, 15) is 4.79 Å². The molecule has 1 N–H and O–H groups in total. The van der Waals surface area contributed by atoms with Gasteiger partial charge in [-0.25, -0.2) is 19.6 Å². The zero-order valence-electron chi connectivity index (χ0n) is 21.1. The van der Waals surface area contributed by atoms with Crippen LogP contribution in [0.25, 0.3) is 17.1 Å². The van der Waals surface area contributed by atoms with Gasteiger partial charge in [-0.3, -0.25) is 4.79 Å². The molecule has 5 heterocycles. The highest BCUT2D eigenvalue weighted by Gasteiger charge is 2.28. The third-order valence-corrected chi connectivity index (χ3v) is 7.32. The number of carbonyl (C=O) groups excluding carboxylic acids is 1. The summed E-state index contributed by atoms with van der Waals surface area (Å²) in [6, 6.07) is 7.64. The van der Waals surface area contributed by atoms with Crippen molar-refractivity contribution >= 4 is 17.3 Å². The molecule has 1 atom stereocenters. The van der Waals surface area contributed by atoms with Gasteiger partial charge in [-0.05, 0) is 38.0 Å². The molecule has 0 bridgehead atoms. The second-order valence-electron chi connectivity index (χ2n) is 9.95. The number of fused-ring (bicyclic) bond motifs is 3. The Morgan fingerprint density at radius 3 is 2.89 bits per heavy atom. The van der Waals surface area contributed by atoms with E-state index in [-0.39, 0.29) is 11.9 Å². The molecule has 4 aromatic rings. The van der Waals surface area contributed by atoms with Crippen LogP contribution in [0.2, 0.25) is 0 Å². The van der Waals surface area contributed by atoms with Gasteiger partial charge in [-0.1, -0.05) is 6.07 Å². The van der Waals surface area contributed by atoms with Gasteiger partial charge in [-0.2, -0.15) is 5.10 Å². The lowest BCUT2D eigenvalue weighted by molar-refractivity contribution is 0.0988. The first-order chi connectivity index (χ1) is 18.7. The summed E-state index contributed by atoms with van der Waals surface area (Å²) in [7, 11) is 0. The molecule has 11 heteroatoms. The summed E-state index contributed by atoms with van der Waals surface area (Å²) in [5, 5.41) is 7.28. The third kappa shape index (κ3) is 4.08. The van der Waals surface area contributed by atoms with E-state index < -0.39 is 0 Å². The van der Waals surface area contributed by atoms with Gasteiger partial charge in [0.05, 0.1) is 60.6 Å². The van der Waals surface area contributed by atoms with Gasteiger partial charge in [0.1, 0.15) is 18.6 Å². The van der Waals surface area contributed by atoms with Gasteiger partial charge in [0, 0.05) is 24.7 Å². The van der Waals surface area contributed by atoms with Crippen molar-refractivity contribution in [2.75, 3.05) is 36.6 Å². The Morgan fingerprint density at radius 1 is 1.11 bits per heavy atom. The van der Waals surface area contributed by atoms with Crippen molar-refractivity contribution in [3.05, 3.63) is 60.7 Å². The van der Waals surface area contributed by atoms with E-state index in [2.05, 4.69) is 43.4 Å². The van der Waals surface area contributed by atoms with Crippen LogP contribution in [0, 0.1) is 0 Å². The van der Waals surface area contributed by atoms with Crippen molar-refractivity contribution < 1.29 is 14.3 Å². The maximum absolute atomic E-state index is 13.5. The average molecular weight is 513 g/mol. The number of benzene rings is 1. The Kier molecular flexibility index (Phi) is 5.58. The minimum absolute atomic E-state index is 0.189. The lowest BCUT2D eigenvalue weighted by atomic mass is 10.1. The van der Waals surface area contributed by atoms with Gasteiger partial charge in [0.25, 0.3) is 5.91 Å². The summed E-state index contributed by atoms with van der Waals surface area (Å²) in [5.41, 5.74) is 4.57. The Hall–Kier alpha value is -4.25. The van der Waals surface area contributed by atoms with E-state index in [0.29, 0.717) is 55.2 Å². The number of rotatable bonds is 5. The molecule has 1 saturated heterocycles. The highest BCUT2D eigenvalue weighted by Crippen LogP contribution is 2.40. The summed E-state index contributed by atoms with van der Waals surface area (Å²) in [5.74, 6) is 1.50. The molecule has 7 rings (SSSR count). The standard InChI is InChI=1S/C27H28N8O3/c1-17-14-37-9-7-34(17)24-12-28-21(11-23(24)33-13-22(30-16-33)18-5-6-18)27(36)32-20-4-2-3-19-25(20)38-10-8-35-26(19)29-15-31-35/h2-4,11-13,15-18H,5-10,14H2,1H3,(H,32,36)/t17-/m1/s1. The SMILES string of the molecule is C[C@@H]1COCCN1c1cnc(C(=O)Nc2cccc3c2OCCn2ncnc2-3)cc1-n1cnc(C2CC2)c1. The van der Waals surface area contributed by atoms with Crippen LogP contribution in [0.3, 0.4) is 0 Å². The Bertz CT molecular complexity index is 1510. The van der Waals surface area contributed by atoms with Crippen molar-refractivity contribution in [3.63, 3.8) is 0 Å². The molecule has 3 aliphatic rings. The van der Waals surface area contributed by atoms with Gasteiger partial charge in [-0.15, -0.1) is 0 Å².